The van der Waals surface area contributed by atoms with Crippen LogP contribution in [0.2, 0.25) is 0 Å². The third-order valence-electron chi connectivity index (χ3n) is 3.12. The van der Waals surface area contributed by atoms with E-state index in [1.165, 1.54) is 11.1 Å². The van der Waals surface area contributed by atoms with E-state index in [0.717, 1.165) is 12.2 Å². The molecule has 1 atom stereocenters. The molecular weight excluding hydrogens is 266 g/mol. The Morgan fingerprint density at radius 2 is 1.50 bits per heavy atom. The van der Waals surface area contributed by atoms with E-state index in [1.807, 2.05) is 24.3 Å². The van der Waals surface area contributed by atoms with Crippen molar-refractivity contribution < 1.29 is 0 Å². The van der Waals surface area contributed by atoms with Crippen molar-refractivity contribution in [1.82, 2.24) is 0 Å². The van der Waals surface area contributed by atoms with Crippen LogP contribution in [0.3, 0.4) is 0 Å². The lowest BCUT2D eigenvalue weighted by atomic mass is 10.1. The van der Waals surface area contributed by atoms with Crippen molar-refractivity contribution in [2.24, 2.45) is 15.2 Å². The van der Waals surface area contributed by atoms with Crippen LogP contribution in [0.25, 0.3) is 0 Å². The molecule has 1 heterocycles. The highest BCUT2D eigenvalue weighted by Crippen LogP contribution is 2.37. The van der Waals surface area contributed by atoms with Gasteiger partial charge in [-0.25, -0.2) is 4.99 Å². The maximum atomic E-state index is 4.48. The summed E-state index contributed by atoms with van der Waals surface area (Å²) < 4.78 is 0. The van der Waals surface area contributed by atoms with Crippen molar-refractivity contribution in [1.29, 1.82) is 0 Å². The first kappa shape index (κ1) is 13.1. The van der Waals surface area contributed by atoms with Gasteiger partial charge in [-0.05, 0) is 11.1 Å². The first-order valence-corrected chi connectivity index (χ1v) is 7.52. The first-order valence-electron chi connectivity index (χ1n) is 6.54. The van der Waals surface area contributed by atoms with Crippen LogP contribution >= 0.6 is 11.8 Å². The van der Waals surface area contributed by atoms with E-state index < -0.39 is 4.99 Å². The Bertz CT molecular complexity index is 596. The molecule has 3 nitrogen and oxygen atoms in total. The number of azo groups is 1. The van der Waals surface area contributed by atoms with Gasteiger partial charge in [-0.3, -0.25) is 0 Å². The summed E-state index contributed by atoms with van der Waals surface area (Å²) in [5.74, 6) is 0.879. The summed E-state index contributed by atoms with van der Waals surface area (Å²) in [7, 11) is 0. The number of hydrogen-bond acceptors (Lipinski definition) is 4. The predicted molar refractivity (Wildman–Crippen MR) is 84.0 cm³/mol. The third kappa shape index (κ3) is 3.14. The van der Waals surface area contributed by atoms with Gasteiger partial charge in [0.1, 0.15) is 6.34 Å². The molecule has 0 amide bonds. The van der Waals surface area contributed by atoms with E-state index in [0.29, 0.717) is 0 Å². The normalized spacial score (nSPS) is 20.4. The van der Waals surface area contributed by atoms with Gasteiger partial charge in [-0.2, -0.15) is 0 Å². The lowest BCUT2D eigenvalue weighted by molar-refractivity contribution is 0.640. The van der Waals surface area contributed by atoms with Gasteiger partial charge in [0, 0.05) is 12.2 Å². The largest absolute Gasteiger partial charge is 0.229 e. The number of hydrogen-bond donors (Lipinski definition) is 0. The molecule has 0 saturated heterocycles. The average molecular weight is 281 g/mol. The molecule has 4 heteroatoms. The molecule has 0 radical (unpaired) electrons. The second kappa shape index (κ2) is 6.01. The van der Waals surface area contributed by atoms with Crippen molar-refractivity contribution in [2.75, 3.05) is 0 Å². The summed E-state index contributed by atoms with van der Waals surface area (Å²) >= 11 is 1.72. The molecule has 1 aliphatic heterocycles. The van der Waals surface area contributed by atoms with E-state index in [9.17, 15) is 0 Å². The highest BCUT2D eigenvalue weighted by atomic mass is 32.2. The molecule has 1 unspecified atom stereocenters. The molecule has 2 aromatic rings. The highest BCUT2D eigenvalue weighted by molar-refractivity contribution is 7.99. The molecule has 2 aromatic carbocycles. The summed E-state index contributed by atoms with van der Waals surface area (Å²) in [5, 5.41) is 8.30. The Kier molecular flexibility index (Phi) is 3.92. The minimum atomic E-state index is -0.503. The number of thioether (sulfide) groups is 1. The Hall–Kier alpha value is -1.94. The zero-order valence-electron chi connectivity index (χ0n) is 11.0. The molecule has 0 bridgehead atoms. The topological polar surface area (TPSA) is 37.1 Å². The Labute approximate surface area is 122 Å². The summed E-state index contributed by atoms with van der Waals surface area (Å²) in [6, 6.07) is 20.7. The number of benzene rings is 2. The molecule has 0 spiro atoms. The highest BCUT2D eigenvalue weighted by Gasteiger charge is 2.32. The molecule has 3 rings (SSSR count). The van der Waals surface area contributed by atoms with E-state index in [1.54, 1.807) is 18.1 Å². The van der Waals surface area contributed by atoms with Crippen LogP contribution in [0.1, 0.15) is 11.1 Å². The number of nitrogens with zero attached hydrogens (tertiary/aromatic N) is 3. The summed E-state index contributed by atoms with van der Waals surface area (Å²) in [6.07, 6.45) is 2.33. The van der Waals surface area contributed by atoms with Gasteiger partial charge in [0.15, 0.2) is 0 Å². The fourth-order valence-corrected chi connectivity index (χ4v) is 3.18. The van der Waals surface area contributed by atoms with Crippen LogP contribution in [0.15, 0.2) is 75.9 Å². The van der Waals surface area contributed by atoms with Crippen molar-refractivity contribution in [3.05, 3.63) is 71.8 Å². The molecule has 100 valence electrons. The average Bonchev–Trinajstić information content (AvgIpc) is 2.96. The molecule has 0 saturated carbocycles. The minimum Gasteiger partial charge on any atom is -0.229 e. The van der Waals surface area contributed by atoms with Crippen LogP contribution in [0.5, 0.6) is 0 Å². The third-order valence-corrected chi connectivity index (χ3v) is 4.39. The Balaban J connectivity index is 1.72. The van der Waals surface area contributed by atoms with Gasteiger partial charge in [-0.15, -0.1) is 22.0 Å². The maximum absolute atomic E-state index is 4.48. The molecule has 20 heavy (non-hydrogen) atoms. The van der Waals surface area contributed by atoms with E-state index in [-0.39, 0.29) is 0 Å². The fraction of sp³-hybridized carbons (Fsp3) is 0.188. The Morgan fingerprint density at radius 3 is 2.10 bits per heavy atom. The van der Waals surface area contributed by atoms with Crippen molar-refractivity contribution >= 4 is 18.1 Å². The van der Waals surface area contributed by atoms with Crippen LogP contribution in [0.4, 0.5) is 0 Å². The lowest BCUT2D eigenvalue weighted by Gasteiger charge is -2.20. The summed E-state index contributed by atoms with van der Waals surface area (Å²) in [6.45, 7) is 0. The smallest absolute Gasteiger partial charge is 0.223 e. The van der Waals surface area contributed by atoms with Crippen LogP contribution in [-0.4, -0.2) is 11.3 Å². The molecule has 0 aromatic heterocycles. The second-order valence-electron chi connectivity index (χ2n) is 4.64. The summed E-state index contributed by atoms with van der Waals surface area (Å²) in [4.78, 5) is 3.98. The molecule has 0 aliphatic carbocycles. The lowest BCUT2D eigenvalue weighted by Crippen LogP contribution is -2.20. The number of rotatable bonds is 5. The monoisotopic (exact) mass is 281 g/mol. The van der Waals surface area contributed by atoms with Gasteiger partial charge >= 0.3 is 0 Å². The van der Waals surface area contributed by atoms with Gasteiger partial charge in [0.05, 0.1) is 0 Å². The molecule has 0 N–H and O–H groups in total. The molecule has 0 fully saturated rings. The predicted octanol–water partition coefficient (Wildman–Crippen LogP) is 4.31. The van der Waals surface area contributed by atoms with E-state index in [2.05, 4.69) is 51.6 Å². The molecular formula is C16H15N3S. The van der Waals surface area contributed by atoms with Crippen LogP contribution < -0.4 is 0 Å². The first-order chi connectivity index (χ1) is 9.86. The van der Waals surface area contributed by atoms with Gasteiger partial charge in [0.25, 0.3) is 0 Å². The fourth-order valence-electron chi connectivity index (χ4n) is 2.09. The minimum absolute atomic E-state index is 0.503. The van der Waals surface area contributed by atoms with Gasteiger partial charge in [0.2, 0.25) is 4.99 Å². The quantitative estimate of drug-likeness (QED) is 0.804. The van der Waals surface area contributed by atoms with Crippen LogP contribution in [0, 0.1) is 0 Å². The Morgan fingerprint density at radius 1 is 0.850 bits per heavy atom. The van der Waals surface area contributed by atoms with Crippen molar-refractivity contribution in [2.45, 2.75) is 17.2 Å². The van der Waals surface area contributed by atoms with Crippen molar-refractivity contribution in [3.63, 3.8) is 0 Å². The van der Waals surface area contributed by atoms with Crippen LogP contribution in [-0.2, 0) is 12.2 Å². The standard InChI is InChI=1S/C16H15N3S/c1-3-7-14(8-4-1)11-16(17-13-18-19-16)20-12-15-9-5-2-6-10-15/h1-10,13H,11-12H2. The molecule has 1 aliphatic rings. The second-order valence-corrected chi connectivity index (χ2v) is 5.87. The zero-order valence-corrected chi connectivity index (χ0v) is 11.8. The maximum Gasteiger partial charge on any atom is 0.223 e. The SMILES string of the molecule is C1=NC(Cc2ccccc2)(SCc2ccccc2)N=N1. The van der Waals surface area contributed by atoms with E-state index in [4.69, 9.17) is 0 Å². The van der Waals surface area contributed by atoms with Gasteiger partial charge in [-0.1, -0.05) is 60.7 Å². The number of aliphatic imine (C=N–C) groups is 1. The van der Waals surface area contributed by atoms with Gasteiger partial charge < -0.3 is 0 Å². The summed E-state index contributed by atoms with van der Waals surface area (Å²) in [5.41, 5.74) is 2.51. The van der Waals surface area contributed by atoms with Crippen molar-refractivity contribution in [3.8, 4) is 0 Å². The zero-order chi connectivity index (χ0) is 13.7. The van der Waals surface area contributed by atoms with E-state index >= 15 is 0 Å².